The summed E-state index contributed by atoms with van der Waals surface area (Å²) in [5.41, 5.74) is 6.47. The summed E-state index contributed by atoms with van der Waals surface area (Å²) in [5, 5.41) is 15.1. The van der Waals surface area contributed by atoms with E-state index in [0.717, 1.165) is 37.9 Å². The second kappa shape index (κ2) is 7.85. The Kier molecular flexibility index (Phi) is 6.45. The Labute approximate surface area is 119 Å². The minimum Gasteiger partial charge on any atom is -0.409 e. The van der Waals surface area contributed by atoms with Crippen LogP contribution in [-0.2, 0) is 6.42 Å². The molecule has 0 unspecified atom stereocenters. The predicted molar refractivity (Wildman–Crippen MR) is 79.4 cm³/mol. The van der Waals surface area contributed by atoms with Gasteiger partial charge in [-0.1, -0.05) is 31.1 Å². The van der Waals surface area contributed by atoms with Crippen molar-refractivity contribution in [2.45, 2.75) is 33.1 Å². The van der Waals surface area contributed by atoms with Crippen molar-refractivity contribution >= 4 is 5.84 Å². The molecule has 0 heterocycles. The third-order valence-corrected chi connectivity index (χ3v) is 3.46. The Morgan fingerprint density at radius 3 is 2.55 bits per heavy atom. The molecule has 0 fully saturated rings. The lowest BCUT2D eigenvalue weighted by atomic mass is 9.86. The number of nitrogens with zero attached hydrogens (tertiary/aromatic N) is 1. The lowest BCUT2D eigenvalue weighted by molar-refractivity contribution is 0.304. The molecule has 0 aliphatic rings. The normalized spacial score (nSPS) is 12.7. The third-order valence-electron chi connectivity index (χ3n) is 3.46. The number of hydrogen-bond donors (Lipinski definition) is 3. The molecule has 0 spiro atoms. The predicted octanol–water partition coefficient (Wildman–Crippen LogP) is 2.51. The molecule has 0 aliphatic heterocycles. The molecular weight excluding hydrogens is 257 g/mol. The molecule has 0 amide bonds. The number of rotatable bonds is 8. The van der Waals surface area contributed by atoms with E-state index in [1.54, 1.807) is 12.1 Å². The highest BCUT2D eigenvalue weighted by atomic mass is 19.1. The zero-order valence-corrected chi connectivity index (χ0v) is 12.2. The van der Waals surface area contributed by atoms with Crippen molar-refractivity contribution in [3.8, 4) is 0 Å². The summed E-state index contributed by atoms with van der Waals surface area (Å²) >= 11 is 0. The monoisotopic (exact) mass is 281 g/mol. The number of oxime groups is 1. The highest BCUT2D eigenvalue weighted by Crippen LogP contribution is 2.21. The Morgan fingerprint density at radius 2 is 1.95 bits per heavy atom. The smallest absolute Gasteiger partial charge is 0.144 e. The first-order valence-electron chi connectivity index (χ1n) is 6.89. The van der Waals surface area contributed by atoms with E-state index < -0.39 is 0 Å². The quantitative estimate of drug-likeness (QED) is 0.225. The van der Waals surface area contributed by atoms with E-state index in [-0.39, 0.29) is 17.1 Å². The van der Waals surface area contributed by atoms with Crippen LogP contribution in [0.3, 0.4) is 0 Å². The van der Waals surface area contributed by atoms with Crippen LogP contribution in [0.5, 0.6) is 0 Å². The van der Waals surface area contributed by atoms with Crippen LogP contribution in [0.25, 0.3) is 0 Å². The van der Waals surface area contributed by atoms with Gasteiger partial charge in [-0.15, -0.1) is 0 Å². The first-order valence-corrected chi connectivity index (χ1v) is 6.89. The molecule has 4 N–H and O–H groups in total. The molecule has 0 bridgehead atoms. The maximum absolute atomic E-state index is 12.7. The SMILES string of the molecule is CC(C)(CCCNCCc1ccc(F)cc1)C(N)=NO. The van der Waals surface area contributed by atoms with Gasteiger partial charge in [-0.3, -0.25) is 0 Å². The minimum absolute atomic E-state index is 0.202. The van der Waals surface area contributed by atoms with Crippen LogP contribution in [0.15, 0.2) is 29.4 Å². The first kappa shape index (κ1) is 16.4. The molecular formula is C15H24FN3O. The van der Waals surface area contributed by atoms with Crippen molar-refractivity contribution in [3.05, 3.63) is 35.6 Å². The topological polar surface area (TPSA) is 70.6 Å². The average molecular weight is 281 g/mol. The van der Waals surface area contributed by atoms with Gasteiger partial charge in [0.25, 0.3) is 0 Å². The van der Waals surface area contributed by atoms with Crippen LogP contribution in [0.4, 0.5) is 4.39 Å². The number of hydrogen-bond acceptors (Lipinski definition) is 3. The zero-order chi connectivity index (χ0) is 15.0. The summed E-state index contributed by atoms with van der Waals surface area (Å²) < 4.78 is 12.7. The van der Waals surface area contributed by atoms with E-state index in [2.05, 4.69) is 10.5 Å². The summed E-state index contributed by atoms with van der Waals surface area (Å²) in [5.74, 6) is 0.0656. The maximum Gasteiger partial charge on any atom is 0.144 e. The first-order chi connectivity index (χ1) is 9.45. The van der Waals surface area contributed by atoms with Crippen molar-refractivity contribution in [3.63, 3.8) is 0 Å². The highest BCUT2D eigenvalue weighted by Gasteiger charge is 2.22. The number of halogens is 1. The molecule has 20 heavy (non-hydrogen) atoms. The Morgan fingerprint density at radius 1 is 1.30 bits per heavy atom. The van der Waals surface area contributed by atoms with Crippen molar-refractivity contribution in [1.82, 2.24) is 5.32 Å². The van der Waals surface area contributed by atoms with Crippen LogP contribution >= 0.6 is 0 Å². The maximum atomic E-state index is 12.7. The molecule has 0 aliphatic carbocycles. The lowest BCUT2D eigenvalue weighted by Crippen LogP contribution is -2.32. The summed E-state index contributed by atoms with van der Waals surface area (Å²) in [6.07, 6.45) is 2.68. The van der Waals surface area contributed by atoms with E-state index in [1.807, 2.05) is 13.8 Å². The van der Waals surface area contributed by atoms with Gasteiger partial charge in [0.15, 0.2) is 0 Å². The fourth-order valence-corrected chi connectivity index (χ4v) is 1.93. The van der Waals surface area contributed by atoms with Gasteiger partial charge in [0.1, 0.15) is 11.7 Å². The van der Waals surface area contributed by atoms with Crippen molar-refractivity contribution in [2.24, 2.45) is 16.3 Å². The van der Waals surface area contributed by atoms with Gasteiger partial charge in [-0.05, 0) is 50.0 Å². The molecule has 1 rings (SSSR count). The molecule has 0 radical (unpaired) electrons. The van der Waals surface area contributed by atoms with Gasteiger partial charge in [0.2, 0.25) is 0 Å². The zero-order valence-electron chi connectivity index (χ0n) is 12.2. The van der Waals surface area contributed by atoms with E-state index in [1.165, 1.54) is 12.1 Å². The fourth-order valence-electron chi connectivity index (χ4n) is 1.93. The average Bonchev–Trinajstić information content (AvgIpc) is 2.43. The molecule has 112 valence electrons. The van der Waals surface area contributed by atoms with Crippen LogP contribution in [0, 0.1) is 11.2 Å². The molecule has 0 saturated heterocycles. The fraction of sp³-hybridized carbons (Fsp3) is 0.533. The largest absolute Gasteiger partial charge is 0.409 e. The van der Waals surface area contributed by atoms with Gasteiger partial charge in [-0.25, -0.2) is 4.39 Å². The van der Waals surface area contributed by atoms with E-state index in [4.69, 9.17) is 10.9 Å². The van der Waals surface area contributed by atoms with E-state index in [9.17, 15) is 4.39 Å². The van der Waals surface area contributed by atoms with Crippen molar-refractivity contribution in [2.75, 3.05) is 13.1 Å². The molecule has 1 aromatic carbocycles. The summed E-state index contributed by atoms with van der Waals surface area (Å²) in [7, 11) is 0. The van der Waals surface area contributed by atoms with Crippen LogP contribution in [-0.4, -0.2) is 24.1 Å². The second-order valence-electron chi connectivity index (χ2n) is 5.60. The standard InChI is InChI=1S/C15H24FN3O/c1-15(2,14(17)19-20)9-3-10-18-11-8-12-4-6-13(16)7-5-12/h4-7,18,20H,3,8-11H2,1-2H3,(H2,17,19). The molecule has 0 atom stereocenters. The Hall–Kier alpha value is -1.62. The third kappa shape index (κ3) is 5.57. The van der Waals surface area contributed by atoms with E-state index in [0.29, 0.717) is 0 Å². The minimum atomic E-state index is -0.284. The Bertz CT molecular complexity index is 429. The second-order valence-corrected chi connectivity index (χ2v) is 5.60. The number of nitrogens with one attached hydrogen (secondary N) is 1. The van der Waals surface area contributed by atoms with Gasteiger partial charge in [-0.2, -0.15) is 0 Å². The molecule has 0 saturated carbocycles. The molecule has 5 heteroatoms. The molecule has 1 aromatic rings. The lowest BCUT2D eigenvalue weighted by Gasteiger charge is -2.22. The summed E-state index contributed by atoms with van der Waals surface area (Å²) in [6, 6.07) is 6.57. The van der Waals surface area contributed by atoms with Crippen LogP contribution < -0.4 is 11.1 Å². The van der Waals surface area contributed by atoms with E-state index >= 15 is 0 Å². The molecule has 4 nitrogen and oxygen atoms in total. The van der Waals surface area contributed by atoms with Crippen molar-refractivity contribution in [1.29, 1.82) is 0 Å². The van der Waals surface area contributed by atoms with Crippen LogP contribution in [0.2, 0.25) is 0 Å². The van der Waals surface area contributed by atoms with Gasteiger partial charge in [0, 0.05) is 5.41 Å². The molecule has 0 aromatic heterocycles. The van der Waals surface area contributed by atoms with Crippen molar-refractivity contribution < 1.29 is 9.60 Å². The van der Waals surface area contributed by atoms with Crippen LogP contribution in [0.1, 0.15) is 32.3 Å². The number of nitrogens with two attached hydrogens (primary N) is 1. The van der Waals surface area contributed by atoms with Gasteiger partial charge >= 0.3 is 0 Å². The number of benzene rings is 1. The van der Waals surface area contributed by atoms with Gasteiger partial charge in [0.05, 0.1) is 0 Å². The highest BCUT2D eigenvalue weighted by molar-refractivity contribution is 5.85. The van der Waals surface area contributed by atoms with Gasteiger partial charge < -0.3 is 16.3 Å². The Balaban J connectivity index is 2.15. The summed E-state index contributed by atoms with van der Waals surface area (Å²) in [4.78, 5) is 0. The number of amidine groups is 1. The summed E-state index contributed by atoms with van der Waals surface area (Å²) in [6.45, 7) is 5.65.